The fourth-order valence-electron chi connectivity index (χ4n) is 3.51. The molecular formula is C17H20ClNO3. The van der Waals surface area contributed by atoms with Crippen LogP contribution in [0.1, 0.15) is 47.7 Å². The maximum atomic E-state index is 12.6. The number of ether oxygens (including phenoxy) is 1. The molecule has 5 heteroatoms. The van der Waals surface area contributed by atoms with Crippen molar-refractivity contribution in [3.05, 3.63) is 27.8 Å². The van der Waals surface area contributed by atoms with Crippen molar-refractivity contribution in [1.29, 1.82) is 0 Å². The van der Waals surface area contributed by atoms with Gasteiger partial charge in [0, 0.05) is 37.9 Å². The van der Waals surface area contributed by atoms with Gasteiger partial charge in [-0.15, -0.1) is 0 Å². The van der Waals surface area contributed by atoms with E-state index < -0.39 is 5.60 Å². The van der Waals surface area contributed by atoms with Crippen molar-refractivity contribution in [1.82, 2.24) is 4.90 Å². The van der Waals surface area contributed by atoms with Crippen molar-refractivity contribution in [2.24, 2.45) is 0 Å². The highest BCUT2D eigenvalue weighted by molar-refractivity contribution is 6.32. The second-order valence-electron chi connectivity index (χ2n) is 6.40. The Morgan fingerprint density at radius 3 is 2.55 bits per heavy atom. The van der Waals surface area contributed by atoms with Crippen LogP contribution in [0.25, 0.3) is 0 Å². The predicted molar refractivity (Wildman–Crippen MR) is 84.7 cm³/mol. The summed E-state index contributed by atoms with van der Waals surface area (Å²) in [5.41, 5.74) is 1.87. The van der Waals surface area contributed by atoms with Crippen LogP contribution in [-0.2, 0) is 4.79 Å². The predicted octanol–water partition coefficient (Wildman–Crippen LogP) is 3.30. The van der Waals surface area contributed by atoms with Crippen LogP contribution in [0.3, 0.4) is 0 Å². The van der Waals surface area contributed by atoms with Crippen LogP contribution in [0.15, 0.2) is 6.07 Å². The van der Waals surface area contributed by atoms with Gasteiger partial charge in [0.1, 0.15) is 11.4 Å². The third-order valence-corrected chi connectivity index (χ3v) is 5.43. The van der Waals surface area contributed by atoms with Crippen LogP contribution in [0.2, 0.25) is 5.02 Å². The first kappa shape index (κ1) is 15.3. The number of Topliss-reactive ketones (excluding diaryl/α,β-unsaturated/α-hetero) is 1. The number of aryl methyl sites for hydroxylation is 1. The van der Waals surface area contributed by atoms with Crippen LogP contribution in [0.4, 0.5) is 0 Å². The summed E-state index contributed by atoms with van der Waals surface area (Å²) in [6.07, 6.45) is 1.75. The van der Waals surface area contributed by atoms with E-state index in [0.29, 0.717) is 48.7 Å². The number of ketones is 1. The SMILES string of the molecule is CC(=O)N1CCC2(CC1)CC(=O)c1c(cc(C)c(Cl)c1C)O2. The Hall–Kier alpha value is -1.55. The van der Waals surface area contributed by atoms with Crippen molar-refractivity contribution in [2.45, 2.75) is 45.6 Å². The molecule has 1 saturated heterocycles. The Morgan fingerprint density at radius 1 is 1.32 bits per heavy atom. The number of hydrogen-bond acceptors (Lipinski definition) is 3. The van der Waals surface area contributed by atoms with E-state index in [0.717, 1.165) is 11.1 Å². The highest BCUT2D eigenvalue weighted by atomic mass is 35.5. The van der Waals surface area contributed by atoms with Crippen molar-refractivity contribution in [3.63, 3.8) is 0 Å². The summed E-state index contributed by atoms with van der Waals surface area (Å²) in [6, 6.07) is 1.86. The lowest BCUT2D eigenvalue weighted by Gasteiger charge is -2.44. The minimum absolute atomic E-state index is 0.0795. The van der Waals surface area contributed by atoms with Gasteiger partial charge < -0.3 is 9.64 Å². The molecule has 4 nitrogen and oxygen atoms in total. The Morgan fingerprint density at radius 2 is 1.95 bits per heavy atom. The van der Waals surface area contributed by atoms with E-state index in [2.05, 4.69) is 0 Å². The van der Waals surface area contributed by atoms with Gasteiger partial charge in [0.2, 0.25) is 5.91 Å². The van der Waals surface area contributed by atoms with Gasteiger partial charge in [-0.1, -0.05) is 11.6 Å². The first-order valence-electron chi connectivity index (χ1n) is 7.60. The molecule has 0 unspecified atom stereocenters. The van der Waals surface area contributed by atoms with E-state index >= 15 is 0 Å². The molecule has 0 bridgehead atoms. The molecule has 2 aliphatic rings. The molecular weight excluding hydrogens is 302 g/mol. The van der Waals surface area contributed by atoms with E-state index in [1.807, 2.05) is 24.8 Å². The first-order chi connectivity index (χ1) is 10.3. The van der Waals surface area contributed by atoms with Gasteiger partial charge in [0.25, 0.3) is 0 Å². The third kappa shape index (κ3) is 2.39. The molecule has 1 aromatic carbocycles. The zero-order valence-corrected chi connectivity index (χ0v) is 13.9. The highest BCUT2D eigenvalue weighted by Gasteiger charge is 2.44. The summed E-state index contributed by atoms with van der Waals surface area (Å²) in [4.78, 5) is 25.9. The zero-order valence-electron chi connectivity index (χ0n) is 13.2. The number of carbonyl (C=O) groups excluding carboxylic acids is 2. The number of nitrogens with zero attached hydrogens (tertiary/aromatic N) is 1. The topological polar surface area (TPSA) is 46.6 Å². The summed E-state index contributed by atoms with van der Waals surface area (Å²) in [5.74, 6) is 0.819. The number of amides is 1. The largest absolute Gasteiger partial charge is 0.486 e. The molecule has 118 valence electrons. The normalized spacial score (nSPS) is 19.8. The van der Waals surface area contributed by atoms with Gasteiger partial charge in [-0.05, 0) is 31.0 Å². The molecule has 2 heterocycles. The summed E-state index contributed by atoms with van der Waals surface area (Å²) >= 11 is 6.26. The number of rotatable bonds is 0. The number of carbonyl (C=O) groups is 2. The number of hydrogen-bond donors (Lipinski definition) is 0. The molecule has 1 aromatic rings. The van der Waals surface area contributed by atoms with Gasteiger partial charge in [-0.2, -0.15) is 0 Å². The zero-order chi connectivity index (χ0) is 16.1. The average Bonchev–Trinajstić information content (AvgIpc) is 2.44. The highest BCUT2D eigenvalue weighted by Crippen LogP contribution is 2.43. The van der Waals surface area contributed by atoms with Gasteiger partial charge in [0.15, 0.2) is 5.78 Å². The van der Waals surface area contributed by atoms with Crippen molar-refractivity contribution < 1.29 is 14.3 Å². The van der Waals surface area contributed by atoms with E-state index in [1.54, 1.807) is 6.92 Å². The van der Waals surface area contributed by atoms with Crippen LogP contribution >= 0.6 is 11.6 Å². The standard InChI is InChI=1S/C17H20ClNO3/c1-10-8-14-15(11(2)16(10)18)13(21)9-17(22-14)4-6-19(7-5-17)12(3)20/h8H,4-7,9H2,1-3H3. The smallest absolute Gasteiger partial charge is 0.219 e. The maximum Gasteiger partial charge on any atom is 0.219 e. The summed E-state index contributed by atoms with van der Waals surface area (Å²) in [5, 5.41) is 0.637. The van der Waals surface area contributed by atoms with Gasteiger partial charge in [0.05, 0.1) is 12.0 Å². The summed E-state index contributed by atoms with van der Waals surface area (Å²) < 4.78 is 6.26. The number of piperidine rings is 1. The van der Waals surface area contributed by atoms with Crippen molar-refractivity contribution in [3.8, 4) is 5.75 Å². The molecule has 0 aromatic heterocycles. The van der Waals surface area contributed by atoms with Crippen molar-refractivity contribution in [2.75, 3.05) is 13.1 Å². The molecule has 1 spiro atoms. The van der Waals surface area contributed by atoms with E-state index in [4.69, 9.17) is 16.3 Å². The lowest BCUT2D eigenvalue weighted by atomic mass is 9.81. The number of halogens is 1. The minimum atomic E-state index is -0.470. The maximum absolute atomic E-state index is 12.6. The van der Waals surface area contributed by atoms with Crippen LogP contribution < -0.4 is 4.74 Å². The second-order valence-corrected chi connectivity index (χ2v) is 6.77. The number of benzene rings is 1. The first-order valence-corrected chi connectivity index (χ1v) is 7.98. The van der Waals surface area contributed by atoms with Crippen LogP contribution in [-0.4, -0.2) is 35.3 Å². The average molecular weight is 322 g/mol. The lowest BCUT2D eigenvalue weighted by Crippen LogP contribution is -2.52. The Labute approximate surface area is 135 Å². The quantitative estimate of drug-likeness (QED) is 0.736. The van der Waals surface area contributed by atoms with Gasteiger partial charge in [-0.25, -0.2) is 0 Å². The van der Waals surface area contributed by atoms with E-state index in [1.165, 1.54) is 0 Å². The second kappa shape index (κ2) is 5.27. The minimum Gasteiger partial charge on any atom is -0.486 e. The molecule has 2 aliphatic heterocycles. The van der Waals surface area contributed by atoms with Gasteiger partial charge >= 0.3 is 0 Å². The summed E-state index contributed by atoms with van der Waals surface area (Å²) in [6.45, 7) is 6.65. The van der Waals surface area contributed by atoms with Gasteiger partial charge in [-0.3, -0.25) is 9.59 Å². The third-order valence-electron chi connectivity index (χ3n) is 4.85. The number of likely N-dealkylation sites (tertiary alicyclic amines) is 1. The molecule has 22 heavy (non-hydrogen) atoms. The van der Waals surface area contributed by atoms with E-state index in [9.17, 15) is 9.59 Å². The van der Waals surface area contributed by atoms with Crippen LogP contribution in [0, 0.1) is 13.8 Å². The molecule has 1 amide bonds. The van der Waals surface area contributed by atoms with E-state index in [-0.39, 0.29) is 11.7 Å². The summed E-state index contributed by atoms with van der Waals surface area (Å²) in [7, 11) is 0. The van der Waals surface area contributed by atoms with Crippen LogP contribution in [0.5, 0.6) is 5.75 Å². The molecule has 1 fully saturated rings. The molecule has 0 radical (unpaired) electrons. The fourth-order valence-corrected chi connectivity index (χ4v) is 3.66. The molecule has 0 aliphatic carbocycles. The Balaban J connectivity index is 1.92. The molecule has 3 rings (SSSR count). The Kier molecular flexibility index (Phi) is 3.68. The molecule has 0 atom stereocenters. The van der Waals surface area contributed by atoms with Crippen molar-refractivity contribution >= 4 is 23.3 Å². The monoisotopic (exact) mass is 321 g/mol. The number of fused-ring (bicyclic) bond motifs is 1. The molecule has 0 saturated carbocycles. The Bertz CT molecular complexity index is 660. The molecule has 0 N–H and O–H groups in total. The fraction of sp³-hybridized carbons (Fsp3) is 0.529. The lowest BCUT2D eigenvalue weighted by molar-refractivity contribution is -0.132.